The molecular weight excluding hydrogens is 294 g/mol. The zero-order valence-electron chi connectivity index (χ0n) is 10.8. The second-order valence-electron chi connectivity index (χ2n) is 4.99. The molecule has 0 fully saturated rings. The molecule has 6 heteroatoms. The van der Waals surface area contributed by atoms with Gasteiger partial charge < -0.3 is 11.1 Å². The molecule has 1 atom stereocenters. The third-order valence-corrected chi connectivity index (χ3v) is 3.86. The van der Waals surface area contributed by atoms with Crippen LogP contribution in [0.3, 0.4) is 0 Å². The van der Waals surface area contributed by atoms with E-state index >= 15 is 0 Å². The first kappa shape index (κ1) is 13.3. The van der Waals surface area contributed by atoms with Crippen molar-refractivity contribution in [2.75, 3.05) is 11.9 Å². The average Bonchev–Trinajstić information content (AvgIpc) is 2.69. The number of rotatable bonds is 4. The van der Waals surface area contributed by atoms with Crippen molar-refractivity contribution in [3.8, 4) is 0 Å². The highest BCUT2D eigenvalue weighted by Crippen LogP contribution is 2.20. The lowest BCUT2D eigenvalue weighted by Gasteiger charge is -2.32. The summed E-state index contributed by atoms with van der Waals surface area (Å²) in [5.41, 5.74) is 6.44. The minimum atomic E-state index is -0.206. The van der Waals surface area contributed by atoms with Crippen molar-refractivity contribution in [1.82, 2.24) is 14.6 Å². The van der Waals surface area contributed by atoms with Crippen molar-refractivity contribution in [2.45, 2.75) is 26.3 Å². The Morgan fingerprint density at radius 2 is 2.22 bits per heavy atom. The first-order valence-corrected chi connectivity index (χ1v) is 6.74. The molecule has 0 radical (unpaired) electrons. The van der Waals surface area contributed by atoms with E-state index in [0.717, 1.165) is 10.1 Å². The molecule has 18 heavy (non-hydrogen) atoms. The fourth-order valence-corrected chi connectivity index (χ4v) is 1.92. The van der Waals surface area contributed by atoms with Gasteiger partial charge in [0.2, 0.25) is 5.95 Å². The molecule has 0 amide bonds. The number of anilines is 1. The van der Waals surface area contributed by atoms with Gasteiger partial charge in [-0.05, 0) is 40.9 Å². The maximum Gasteiger partial charge on any atom is 0.243 e. The molecule has 0 aromatic carbocycles. The summed E-state index contributed by atoms with van der Waals surface area (Å²) in [6, 6.07) is 3.86. The highest BCUT2D eigenvalue weighted by atomic mass is 79.9. The maximum atomic E-state index is 5.84. The summed E-state index contributed by atoms with van der Waals surface area (Å²) in [4.78, 5) is 4.43. The molecule has 1 unspecified atom stereocenters. The van der Waals surface area contributed by atoms with Crippen LogP contribution in [0.15, 0.2) is 22.8 Å². The Balaban J connectivity index is 2.32. The Labute approximate surface area is 115 Å². The summed E-state index contributed by atoms with van der Waals surface area (Å²) >= 11 is 3.41. The van der Waals surface area contributed by atoms with Crippen LogP contribution in [-0.2, 0) is 0 Å². The zero-order chi connectivity index (χ0) is 13.3. The van der Waals surface area contributed by atoms with Crippen molar-refractivity contribution in [3.05, 3.63) is 22.8 Å². The molecule has 2 aromatic heterocycles. The molecule has 0 aliphatic heterocycles. The number of fused-ring (bicyclic) bond motifs is 1. The second kappa shape index (κ2) is 4.85. The molecule has 0 bridgehead atoms. The summed E-state index contributed by atoms with van der Waals surface area (Å²) in [5.74, 6) is 0.996. The Bertz CT molecular complexity index is 550. The number of nitrogens with zero attached hydrogens (tertiary/aromatic N) is 3. The Morgan fingerprint density at radius 1 is 1.50 bits per heavy atom. The van der Waals surface area contributed by atoms with Gasteiger partial charge in [0.15, 0.2) is 5.65 Å². The molecule has 0 saturated carbocycles. The van der Waals surface area contributed by atoms with Crippen molar-refractivity contribution in [3.63, 3.8) is 0 Å². The predicted octanol–water partition coefficient (Wildman–Crippen LogP) is 2.28. The molecule has 0 saturated heterocycles. The third kappa shape index (κ3) is 2.49. The number of nitrogens with two attached hydrogens (primary N) is 1. The quantitative estimate of drug-likeness (QED) is 0.909. The van der Waals surface area contributed by atoms with E-state index in [1.165, 1.54) is 0 Å². The highest BCUT2D eigenvalue weighted by Gasteiger charge is 2.27. The molecular formula is C12H18BrN5. The molecule has 2 aromatic rings. The molecule has 0 aliphatic rings. The largest absolute Gasteiger partial charge is 0.346 e. The van der Waals surface area contributed by atoms with Gasteiger partial charge in [0, 0.05) is 17.2 Å². The smallest absolute Gasteiger partial charge is 0.243 e. The molecule has 3 N–H and O–H groups in total. The van der Waals surface area contributed by atoms with E-state index in [9.17, 15) is 0 Å². The van der Waals surface area contributed by atoms with Crippen LogP contribution in [0.2, 0.25) is 0 Å². The normalized spacial score (nSPS) is 15.0. The topological polar surface area (TPSA) is 68.2 Å². The molecule has 0 spiro atoms. The van der Waals surface area contributed by atoms with E-state index in [4.69, 9.17) is 5.73 Å². The number of nitrogens with one attached hydrogen (secondary N) is 1. The lowest BCUT2D eigenvalue weighted by atomic mass is 9.89. The van der Waals surface area contributed by atoms with Gasteiger partial charge in [-0.3, -0.25) is 0 Å². The lowest BCUT2D eigenvalue weighted by Crippen LogP contribution is -2.47. The second-order valence-corrected chi connectivity index (χ2v) is 5.90. The minimum Gasteiger partial charge on any atom is -0.346 e. The molecule has 0 aliphatic carbocycles. The number of aromatic nitrogens is 3. The van der Waals surface area contributed by atoms with Crippen LogP contribution >= 0.6 is 15.9 Å². The summed E-state index contributed by atoms with van der Waals surface area (Å²) < 4.78 is 2.71. The van der Waals surface area contributed by atoms with Crippen LogP contribution in [-0.4, -0.2) is 26.7 Å². The number of hydrogen-bond donors (Lipinski definition) is 2. The van der Waals surface area contributed by atoms with Gasteiger partial charge in [0.05, 0.1) is 5.54 Å². The van der Waals surface area contributed by atoms with Crippen molar-refractivity contribution in [1.29, 1.82) is 0 Å². The van der Waals surface area contributed by atoms with E-state index in [2.05, 4.69) is 52.1 Å². The Kier molecular flexibility index (Phi) is 3.59. The summed E-state index contributed by atoms with van der Waals surface area (Å²) in [6.07, 6.45) is 1.88. The maximum absolute atomic E-state index is 5.84. The van der Waals surface area contributed by atoms with Gasteiger partial charge in [0.1, 0.15) is 0 Å². The number of pyridine rings is 1. The Morgan fingerprint density at radius 3 is 2.83 bits per heavy atom. The molecule has 2 heterocycles. The van der Waals surface area contributed by atoms with E-state index in [0.29, 0.717) is 18.4 Å². The first-order valence-electron chi connectivity index (χ1n) is 5.95. The van der Waals surface area contributed by atoms with Crippen LogP contribution in [0, 0.1) is 5.92 Å². The van der Waals surface area contributed by atoms with Gasteiger partial charge in [-0.1, -0.05) is 13.8 Å². The summed E-state index contributed by atoms with van der Waals surface area (Å²) in [6.45, 7) is 6.88. The number of hydrogen-bond acceptors (Lipinski definition) is 4. The lowest BCUT2D eigenvalue weighted by molar-refractivity contribution is 0.380. The third-order valence-electron chi connectivity index (χ3n) is 3.39. The van der Waals surface area contributed by atoms with E-state index < -0.39 is 0 Å². The minimum absolute atomic E-state index is 0.206. The van der Waals surface area contributed by atoms with E-state index in [1.54, 1.807) is 4.52 Å². The van der Waals surface area contributed by atoms with Crippen LogP contribution in [0.25, 0.3) is 5.65 Å². The van der Waals surface area contributed by atoms with Gasteiger partial charge >= 0.3 is 0 Å². The van der Waals surface area contributed by atoms with Crippen LogP contribution in [0.1, 0.15) is 20.8 Å². The van der Waals surface area contributed by atoms with Gasteiger partial charge in [-0.15, -0.1) is 5.10 Å². The van der Waals surface area contributed by atoms with Gasteiger partial charge in [0.25, 0.3) is 0 Å². The van der Waals surface area contributed by atoms with Crippen molar-refractivity contribution in [2.24, 2.45) is 11.7 Å². The van der Waals surface area contributed by atoms with Crippen LogP contribution < -0.4 is 11.1 Å². The van der Waals surface area contributed by atoms with Crippen molar-refractivity contribution >= 4 is 27.5 Å². The zero-order valence-corrected chi connectivity index (χ0v) is 12.4. The molecule has 98 valence electrons. The Hall–Kier alpha value is -1.14. The number of halogens is 1. The van der Waals surface area contributed by atoms with Crippen LogP contribution in [0.5, 0.6) is 0 Å². The fourth-order valence-electron chi connectivity index (χ4n) is 1.60. The van der Waals surface area contributed by atoms with Crippen molar-refractivity contribution < 1.29 is 0 Å². The van der Waals surface area contributed by atoms with E-state index in [-0.39, 0.29) is 5.54 Å². The highest BCUT2D eigenvalue weighted by molar-refractivity contribution is 9.10. The monoisotopic (exact) mass is 311 g/mol. The standard InChI is InChI=1S/C12H18BrN5/c1-8(2)12(3,7-14)16-11-15-10-5-4-9(13)6-18(10)17-11/h4-6,8H,7,14H2,1-3H3,(H,16,17). The fraction of sp³-hybridized carbons (Fsp3) is 0.500. The summed E-state index contributed by atoms with van der Waals surface area (Å²) in [5, 5.41) is 7.73. The van der Waals surface area contributed by atoms with E-state index in [1.807, 2.05) is 18.3 Å². The molecule has 5 nitrogen and oxygen atoms in total. The van der Waals surface area contributed by atoms with Gasteiger partial charge in [-0.2, -0.15) is 4.98 Å². The SMILES string of the molecule is CC(C)C(C)(CN)Nc1nc2ccc(Br)cn2n1. The average molecular weight is 312 g/mol. The van der Waals surface area contributed by atoms with Crippen LogP contribution in [0.4, 0.5) is 5.95 Å². The van der Waals surface area contributed by atoms with Gasteiger partial charge in [-0.25, -0.2) is 4.52 Å². The predicted molar refractivity (Wildman–Crippen MR) is 76.6 cm³/mol. The first-order chi connectivity index (χ1) is 8.44. The summed E-state index contributed by atoms with van der Waals surface area (Å²) in [7, 11) is 0. The molecule has 2 rings (SSSR count).